The topological polar surface area (TPSA) is 38.8 Å². The summed E-state index contributed by atoms with van der Waals surface area (Å²) in [5.41, 5.74) is 0. The Kier molecular flexibility index (Phi) is 11.9. The molecule has 1 saturated heterocycles. The van der Waals surface area contributed by atoms with Gasteiger partial charge >= 0.3 is 159 Å². The molecular formula is C20H39NO3Sn. The average molecular weight is 460 g/mol. The molecule has 1 aliphatic rings. The van der Waals surface area contributed by atoms with E-state index < -0.39 is 18.4 Å². The number of carbonyl (C=O) groups excluding carboxylic acids is 1. The zero-order valence-electron chi connectivity index (χ0n) is 16.9. The Morgan fingerprint density at radius 2 is 1.68 bits per heavy atom. The number of amides is 1. The third-order valence-electron chi connectivity index (χ3n) is 5.13. The summed E-state index contributed by atoms with van der Waals surface area (Å²) in [7, 11) is 1.76. The number of cyclic esters (lactones) is 1. The third-order valence-corrected chi connectivity index (χ3v) is 19.4. The summed E-state index contributed by atoms with van der Waals surface area (Å²) < 4.78 is 18.1. The molecule has 0 bridgehead atoms. The molecule has 146 valence electrons. The van der Waals surface area contributed by atoms with Crippen LogP contribution in [0, 0.1) is 0 Å². The predicted octanol–water partition coefficient (Wildman–Crippen LogP) is 5.40. The van der Waals surface area contributed by atoms with Gasteiger partial charge in [-0.15, -0.1) is 0 Å². The van der Waals surface area contributed by atoms with E-state index in [1.807, 2.05) is 0 Å². The monoisotopic (exact) mass is 461 g/mol. The van der Waals surface area contributed by atoms with Crippen LogP contribution >= 0.6 is 0 Å². The van der Waals surface area contributed by atoms with Gasteiger partial charge in [-0.05, 0) is 0 Å². The first-order chi connectivity index (χ1) is 12.1. The molecule has 1 unspecified atom stereocenters. The Morgan fingerprint density at radius 1 is 1.12 bits per heavy atom. The van der Waals surface area contributed by atoms with Gasteiger partial charge in [-0.25, -0.2) is 0 Å². The molecule has 5 heteroatoms. The van der Waals surface area contributed by atoms with Crippen LogP contribution in [0.15, 0.2) is 10.2 Å². The number of carbonyl (C=O) groups is 1. The van der Waals surface area contributed by atoms with Crippen LogP contribution in [0.4, 0.5) is 4.79 Å². The number of hydrogen-bond donors (Lipinski definition) is 0. The van der Waals surface area contributed by atoms with E-state index in [9.17, 15) is 4.79 Å². The molecule has 0 aromatic heterocycles. The first-order valence-corrected chi connectivity index (χ1v) is 17.9. The van der Waals surface area contributed by atoms with Crippen LogP contribution in [-0.2, 0) is 9.47 Å². The zero-order valence-corrected chi connectivity index (χ0v) is 19.7. The summed E-state index contributed by atoms with van der Waals surface area (Å²) in [6, 6.07) is 0. The van der Waals surface area contributed by atoms with E-state index in [4.69, 9.17) is 9.47 Å². The van der Waals surface area contributed by atoms with E-state index in [-0.39, 0.29) is 12.2 Å². The summed E-state index contributed by atoms with van der Waals surface area (Å²) in [6.07, 6.45) is 10.0. The van der Waals surface area contributed by atoms with Crippen LogP contribution in [-0.4, -0.2) is 62.3 Å². The Hall–Kier alpha value is -0.231. The standard InChI is InChI=1S/C8H12NO3.3C4H9.Sn/c1-3-4-11-6-7-5-9(2)8(10)12-7;3*1-3-4-2;/h1,3,7H,4-6H2,2H3;3*1,3-4H2,2H3;. The van der Waals surface area contributed by atoms with E-state index in [0.717, 1.165) is 0 Å². The average Bonchev–Trinajstić information content (AvgIpc) is 2.93. The van der Waals surface area contributed by atoms with Crippen molar-refractivity contribution in [2.45, 2.75) is 78.7 Å². The van der Waals surface area contributed by atoms with Gasteiger partial charge in [-0.2, -0.15) is 0 Å². The molecule has 1 fully saturated rings. The molecular weight excluding hydrogens is 421 g/mol. The fourth-order valence-electron chi connectivity index (χ4n) is 3.51. The van der Waals surface area contributed by atoms with E-state index in [1.54, 1.807) is 11.9 Å². The molecule has 0 aromatic rings. The molecule has 1 aliphatic heterocycles. The molecule has 0 saturated carbocycles. The van der Waals surface area contributed by atoms with Gasteiger partial charge in [0.1, 0.15) is 0 Å². The fourth-order valence-corrected chi connectivity index (χ4v) is 17.8. The zero-order chi connectivity index (χ0) is 18.5. The molecule has 1 heterocycles. The van der Waals surface area contributed by atoms with Crippen molar-refractivity contribution in [2.24, 2.45) is 0 Å². The molecule has 0 aliphatic carbocycles. The number of likely N-dealkylation sites (N-methyl/N-ethyl adjacent to an activating group) is 1. The second-order valence-corrected chi connectivity index (χ2v) is 20.5. The maximum absolute atomic E-state index is 11.3. The number of hydrogen-bond acceptors (Lipinski definition) is 3. The van der Waals surface area contributed by atoms with Gasteiger partial charge in [0.05, 0.1) is 0 Å². The number of unbranched alkanes of at least 4 members (excludes halogenated alkanes) is 3. The molecule has 4 nitrogen and oxygen atoms in total. The summed E-state index contributed by atoms with van der Waals surface area (Å²) in [5, 5.41) is 0. The van der Waals surface area contributed by atoms with Crippen molar-refractivity contribution in [1.82, 2.24) is 4.90 Å². The van der Waals surface area contributed by atoms with Crippen molar-refractivity contribution >= 4 is 24.5 Å². The van der Waals surface area contributed by atoms with Crippen LogP contribution < -0.4 is 0 Å². The summed E-state index contributed by atoms with van der Waals surface area (Å²) in [5.74, 6) is 0. The van der Waals surface area contributed by atoms with Gasteiger partial charge in [0, 0.05) is 0 Å². The molecule has 1 amide bonds. The van der Waals surface area contributed by atoms with Crippen LogP contribution in [0.5, 0.6) is 0 Å². The van der Waals surface area contributed by atoms with E-state index >= 15 is 0 Å². The van der Waals surface area contributed by atoms with E-state index in [0.29, 0.717) is 19.8 Å². The van der Waals surface area contributed by atoms with E-state index in [1.165, 1.54) is 51.8 Å². The summed E-state index contributed by atoms with van der Waals surface area (Å²) >= 11 is -2.16. The van der Waals surface area contributed by atoms with Gasteiger partial charge in [0.15, 0.2) is 0 Å². The van der Waals surface area contributed by atoms with Crippen molar-refractivity contribution in [3.63, 3.8) is 0 Å². The molecule has 0 N–H and O–H groups in total. The normalized spacial score (nSPS) is 18.3. The van der Waals surface area contributed by atoms with Gasteiger partial charge in [0.25, 0.3) is 0 Å². The van der Waals surface area contributed by atoms with Gasteiger partial charge in [-0.3, -0.25) is 0 Å². The first-order valence-electron chi connectivity index (χ1n) is 10.2. The third kappa shape index (κ3) is 8.80. The van der Waals surface area contributed by atoms with Gasteiger partial charge < -0.3 is 0 Å². The van der Waals surface area contributed by atoms with Crippen molar-refractivity contribution < 1.29 is 14.3 Å². The Balaban J connectivity index is 2.49. The summed E-state index contributed by atoms with van der Waals surface area (Å²) in [6.45, 7) is 8.72. The Labute approximate surface area is 159 Å². The van der Waals surface area contributed by atoms with Crippen molar-refractivity contribution in [2.75, 3.05) is 26.8 Å². The van der Waals surface area contributed by atoms with Crippen molar-refractivity contribution in [3.8, 4) is 0 Å². The van der Waals surface area contributed by atoms with Crippen LogP contribution in [0.2, 0.25) is 13.3 Å². The minimum atomic E-state index is -2.16. The molecule has 0 aromatic carbocycles. The molecule has 0 spiro atoms. The number of ether oxygens (including phenoxy) is 2. The molecule has 25 heavy (non-hydrogen) atoms. The molecule has 1 atom stereocenters. The predicted molar refractivity (Wildman–Crippen MR) is 108 cm³/mol. The molecule has 0 radical (unpaired) electrons. The van der Waals surface area contributed by atoms with Gasteiger partial charge in [0.2, 0.25) is 0 Å². The Bertz CT molecular complexity index is 379. The van der Waals surface area contributed by atoms with Crippen molar-refractivity contribution in [3.05, 3.63) is 10.2 Å². The van der Waals surface area contributed by atoms with Crippen molar-refractivity contribution in [1.29, 1.82) is 0 Å². The van der Waals surface area contributed by atoms with Gasteiger partial charge in [-0.1, -0.05) is 0 Å². The Morgan fingerprint density at radius 3 is 2.12 bits per heavy atom. The van der Waals surface area contributed by atoms with E-state index in [2.05, 4.69) is 30.9 Å². The summed E-state index contributed by atoms with van der Waals surface area (Å²) in [4.78, 5) is 13.0. The quantitative estimate of drug-likeness (QED) is 0.258. The van der Waals surface area contributed by atoms with Crippen LogP contribution in [0.25, 0.3) is 0 Å². The number of nitrogens with zero attached hydrogens (tertiary/aromatic N) is 1. The first kappa shape index (κ1) is 22.8. The second-order valence-electron chi connectivity index (χ2n) is 7.50. The van der Waals surface area contributed by atoms with Crippen LogP contribution in [0.1, 0.15) is 59.3 Å². The number of rotatable bonds is 14. The minimum absolute atomic E-state index is 0.112. The SMILES string of the molecule is CCC[CH2][Sn](/[CH]=C/COCC1CN(C)C(=O)O1)([CH2]CCC)[CH2]CCC. The second kappa shape index (κ2) is 13.0. The molecule has 1 rings (SSSR count). The fraction of sp³-hybridized carbons (Fsp3) is 0.850. The van der Waals surface area contributed by atoms with Crippen LogP contribution in [0.3, 0.4) is 0 Å². The maximum atomic E-state index is 11.3.